The van der Waals surface area contributed by atoms with Crippen LogP contribution >= 0.6 is 11.3 Å². The molecule has 55 heavy (non-hydrogen) atoms. The number of anilines is 3. The van der Waals surface area contributed by atoms with E-state index in [1.54, 1.807) is 0 Å². The maximum absolute atomic E-state index is 2.50. The van der Waals surface area contributed by atoms with Gasteiger partial charge in [0.1, 0.15) is 0 Å². The predicted molar refractivity (Wildman–Crippen MR) is 233 cm³/mol. The van der Waals surface area contributed by atoms with Crippen LogP contribution < -0.4 is 4.90 Å². The van der Waals surface area contributed by atoms with Crippen molar-refractivity contribution in [1.82, 2.24) is 0 Å². The van der Waals surface area contributed by atoms with Gasteiger partial charge in [0, 0.05) is 37.2 Å². The van der Waals surface area contributed by atoms with Gasteiger partial charge in [-0.05, 0) is 115 Å². The molecule has 0 fully saturated rings. The van der Waals surface area contributed by atoms with E-state index in [4.69, 9.17) is 0 Å². The van der Waals surface area contributed by atoms with E-state index < -0.39 is 5.41 Å². The number of rotatable bonds is 4. The summed E-state index contributed by atoms with van der Waals surface area (Å²) >= 11 is 1.86. The third kappa shape index (κ3) is 4.29. The van der Waals surface area contributed by atoms with E-state index in [1.165, 1.54) is 86.6 Å². The summed E-state index contributed by atoms with van der Waals surface area (Å²) in [4.78, 5) is 2.46. The molecule has 1 unspecified atom stereocenters. The summed E-state index contributed by atoms with van der Waals surface area (Å²) in [5, 5.41) is 5.18. The summed E-state index contributed by atoms with van der Waals surface area (Å²) in [6, 6.07) is 74.6. The molecule has 0 N–H and O–H groups in total. The highest BCUT2D eigenvalue weighted by atomic mass is 32.1. The second-order valence-electron chi connectivity index (χ2n) is 14.8. The van der Waals surface area contributed by atoms with Crippen molar-refractivity contribution in [1.29, 1.82) is 0 Å². The molecular formula is C53H33NS. The van der Waals surface area contributed by atoms with Crippen LogP contribution in [-0.2, 0) is 5.41 Å². The standard InChI is InChI=1S/C53H33NS/c1-2-12-34(13-3-1)35-22-25-37(26-23-35)54(38-28-31-51-46(32-38)44-18-8-11-21-50(44)55-51)39-27-30-43-41-16-6-9-19-47(41)53(49(43)33-39)48-20-10-7-17-42(48)45-29-24-36-14-4-5-15-40(36)52(45)53/h1-33H. The molecule has 1 heterocycles. The van der Waals surface area contributed by atoms with Crippen molar-refractivity contribution in [3.05, 3.63) is 222 Å². The summed E-state index contributed by atoms with van der Waals surface area (Å²) in [5.41, 5.74) is 16.1. The topological polar surface area (TPSA) is 3.24 Å². The highest BCUT2D eigenvalue weighted by Gasteiger charge is 2.52. The van der Waals surface area contributed by atoms with Gasteiger partial charge in [0.25, 0.3) is 0 Å². The minimum Gasteiger partial charge on any atom is -0.310 e. The Labute approximate surface area is 324 Å². The molecule has 1 atom stereocenters. The molecule has 12 rings (SSSR count). The Morgan fingerprint density at radius 1 is 0.345 bits per heavy atom. The van der Waals surface area contributed by atoms with E-state index >= 15 is 0 Å². The second kappa shape index (κ2) is 11.6. The predicted octanol–water partition coefficient (Wildman–Crippen LogP) is 14.7. The lowest BCUT2D eigenvalue weighted by atomic mass is 9.69. The summed E-state index contributed by atoms with van der Waals surface area (Å²) < 4.78 is 2.62. The van der Waals surface area contributed by atoms with Crippen LogP contribution in [-0.4, -0.2) is 0 Å². The van der Waals surface area contributed by atoms with Gasteiger partial charge in [0.2, 0.25) is 0 Å². The SMILES string of the molecule is c1ccc(-c2ccc(N(c3ccc4c(c3)C3(c5ccccc5-4)c4ccccc4-c4ccc5ccccc5c43)c3ccc4sc5ccccc5c4c3)cc2)cc1. The Bertz CT molecular complexity index is 3140. The van der Waals surface area contributed by atoms with Gasteiger partial charge in [-0.2, -0.15) is 0 Å². The summed E-state index contributed by atoms with van der Waals surface area (Å²) in [6.07, 6.45) is 0. The molecule has 1 aromatic heterocycles. The average molecular weight is 716 g/mol. The van der Waals surface area contributed by atoms with Crippen LogP contribution in [0.5, 0.6) is 0 Å². The van der Waals surface area contributed by atoms with Crippen molar-refractivity contribution in [2.24, 2.45) is 0 Å². The maximum Gasteiger partial charge on any atom is 0.0732 e. The van der Waals surface area contributed by atoms with Crippen molar-refractivity contribution in [2.45, 2.75) is 5.41 Å². The monoisotopic (exact) mass is 715 g/mol. The first kappa shape index (κ1) is 30.7. The van der Waals surface area contributed by atoms with Crippen molar-refractivity contribution in [3.63, 3.8) is 0 Å². The Kier molecular flexibility index (Phi) is 6.49. The Balaban J connectivity index is 1.14. The molecule has 1 spiro atoms. The van der Waals surface area contributed by atoms with Crippen molar-refractivity contribution < 1.29 is 0 Å². The molecule has 0 saturated carbocycles. The van der Waals surface area contributed by atoms with Gasteiger partial charge in [0.05, 0.1) is 5.41 Å². The molecule has 256 valence electrons. The van der Waals surface area contributed by atoms with E-state index in [9.17, 15) is 0 Å². The van der Waals surface area contributed by atoms with Crippen LogP contribution in [0.2, 0.25) is 0 Å². The first-order valence-electron chi connectivity index (χ1n) is 19.0. The number of hydrogen-bond donors (Lipinski definition) is 0. The van der Waals surface area contributed by atoms with Crippen LogP contribution in [0.3, 0.4) is 0 Å². The fraction of sp³-hybridized carbons (Fsp3) is 0.0189. The molecule has 1 nitrogen and oxygen atoms in total. The highest BCUT2D eigenvalue weighted by Crippen LogP contribution is 2.64. The van der Waals surface area contributed by atoms with E-state index in [0.29, 0.717) is 0 Å². The summed E-state index contributed by atoms with van der Waals surface area (Å²) in [7, 11) is 0. The van der Waals surface area contributed by atoms with Crippen LogP contribution in [0.25, 0.3) is 64.3 Å². The summed E-state index contributed by atoms with van der Waals surface area (Å²) in [5.74, 6) is 0. The van der Waals surface area contributed by atoms with Gasteiger partial charge in [0.15, 0.2) is 0 Å². The van der Waals surface area contributed by atoms with E-state index in [0.717, 1.165) is 17.1 Å². The van der Waals surface area contributed by atoms with E-state index in [2.05, 4.69) is 205 Å². The average Bonchev–Trinajstić information content (AvgIpc) is 3.88. The summed E-state index contributed by atoms with van der Waals surface area (Å²) in [6.45, 7) is 0. The molecule has 2 aliphatic carbocycles. The van der Waals surface area contributed by atoms with Gasteiger partial charge < -0.3 is 4.90 Å². The second-order valence-corrected chi connectivity index (χ2v) is 15.9. The lowest BCUT2D eigenvalue weighted by Gasteiger charge is -2.33. The minimum atomic E-state index is -0.467. The van der Waals surface area contributed by atoms with Crippen LogP contribution in [0.15, 0.2) is 200 Å². The minimum absolute atomic E-state index is 0.467. The van der Waals surface area contributed by atoms with Gasteiger partial charge in [-0.1, -0.05) is 152 Å². The number of hydrogen-bond acceptors (Lipinski definition) is 2. The van der Waals surface area contributed by atoms with Crippen molar-refractivity contribution >= 4 is 59.3 Å². The van der Waals surface area contributed by atoms with Gasteiger partial charge in [-0.15, -0.1) is 11.3 Å². The Morgan fingerprint density at radius 3 is 1.73 bits per heavy atom. The van der Waals surface area contributed by atoms with Gasteiger partial charge in [-0.3, -0.25) is 0 Å². The van der Waals surface area contributed by atoms with Crippen LogP contribution in [0.1, 0.15) is 22.3 Å². The smallest absolute Gasteiger partial charge is 0.0732 e. The highest BCUT2D eigenvalue weighted by molar-refractivity contribution is 7.25. The number of fused-ring (bicyclic) bond motifs is 15. The Morgan fingerprint density at radius 2 is 0.909 bits per heavy atom. The van der Waals surface area contributed by atoms with E-state index in [-0.39, 0.29) is 0 Å². The number of thiophene rings is 1. The molecule has 0 radical (unpaired) electrons. The van der Waals surface area contributed by atoms with Crippen molar-refractivity contribution in [2.75, 3.05) is 4.90 Å². The Hall–Kier alpha value is -6.74. The molecule has 0 saturated heterocycles. The van der Waals surface area contributed by atoms with Crippen LogP contribution in [0.4, 0.5) is 17.1 Å². The molecule has 0 amide bonds. The zero-order valence-corrected chi connectivity index (χ0v) is 30.7. The zero-order chi connectivity index (χ0) is 36.1. The number of nitrogens with zero attached hydrogens (tertiary/aromatic N) is 1. The third-order valence-corrected chi connectivity index (χ3v) is 13.2. The van der Waals surface area contributed by atoms with Crippen LogP contribution in [0, 0.1) is 0 Å². The van der Waals surface area contributed by atoms with Gasteiger partial charge >= 0.3 is 0 Å². The lowest BCUT2D eigenvalue weighted by molar-refractivity contribution is 0.801. The molecular weight excluding hydrogens is 683 g/mol. The lowest BCUT2D eigenvalue weighted by Crippen LogP contribution is -2.26. The molecule has 2 heteroatoms. The molecule has 9 aromatic carbocycles. The number of benzene rings is 9. The third-order valence-electron chi connectivity index (χ3n) is 12.1. The first-order valence-corrected chi connectivity index (χ1v) is 19.8. The fourth-order valence-corrected chi connectivity index (χ4v) is 10.9. The van der Waals surface area contributed by atoms with E-state index in [1.807, 2.05) is 11.3 Å². The van der Waals surface area contributed by atoms with Crippen molar-refractivity contribution in [3.8, 4) is 33.4 Å². The normalized spacial score (nSPS) is 15.0. The zero-order valence-electron chi connectivity index (χ0n) is 29.9. The fourth-order valence-electron chi connectivity index (χ4n) is 9.78. The van der Waals surface area contributed by atoms with Gasteiger partial charge in [-0.25, -0.2) is 0 Å². The molecule has 10 aromatic rings. The molecule has 2 aliphatic rings. The molecule has 0 aliphatic heterocycles. The largest absolute Gasteiger partial charge is 0.310 e. The first-order chi connectivity index (χ1) is 27.3. The quantitative estimate of drug-likeness (QED) is 0.175. The molecule has 0 bridgehead atoms. The maximum atomic E-state index is 2.50.